The third-order valence-electron chi connectivity index (χ3n) is 4.33. The Morgan fingerprint density at radius 1 is 0.923 bits per heavy atom. The number of rotatable bonds is 5. The van der Waals surface area contributed by atoms with Gasteiger partial charge in [0.05, 0.1) is 11.9 Å². The summed E-state index contributed by atoms with van der Waals surface area (Å²) in [6.07, 6.45) is 1.69. The molecule has 0 aliphatic carbocycles. The number of benzene rings is 2. The number of pyridine rings is 1. The highest BCUT2D eigenvalue weighted by molar-refractivity contribution is 6.03. The van der Waals surface area contributed by atoms with E-state index in [0.29, 0.717) is 5.69 Å². The van der Waals surface area contributed by atoms with Gasteiger partial charge in [0.1, 0.15) is 5.69 Å². The molecule has 0 spiro atoms. The van der Waals surface area contributed by atoms with Crippen molar-refractivity contribution in [2.75, 3.05) is 10.6 Å². The standard InChI is InChI=1S/C22H23N3O/c1-15-7-9-18(10-8-15)13-23-19-11-12-20(24-14-19)22(26)25-21-16(2)5-4-6-17(21)3/h4-12,14,23H,13H2,1-3H3,(H,25,26). The summed E-state index contributed by atoms with van der Waals surface area (Å²) in [6.45, 7) is 6.75. The van der Waals surface area contributed by atoms with Crippen LogP contribution in [0.5, 0.6) is 0 Å². The summed E-state index contributed by atoms with van der Waals surface area (Å²) in [4.78, 5) is 16.7. The molecule has 4 heteroatoms. The molecule has 0 saturated carbocycles. The molecule has 4 nitrogen and oxygen atoms in total. The van der Waals surface area contributed by atoms with E-state index in [0.717, 1.165) is 29.0 Å². The van der Waals surface area contributed by atoms with Crippen LogP contribution in [-0.2, 0) is 6.54 Å². The molecule has 132 valence electrons. The fourth-order valence-corrected chi connectivity index (χ4v) is 2.73. The van der Waals surface area contributed by atoms with Gasteiger partial charge >= 0.3 is 0 Å². The Balaban J connectivity index is 1.63. The summed E-state index contributed by atoms with van der Waals surface area (Å²) in [5.74, 6) is -0.201. The highest BCUT2D eigenvalue weighted by Crippen LogP contribution is 2.20. The van der Waals surface area contributed by atoms with Crippen molar-refractivity contribution in [3.05, 3.63) is 88.7 Å². The number of para-hydroxylation sites is 1. The van der Waals surface area contributed by atoms with Gasteiger partial charge < -0.3 is 10.6 Å². The number of nitrogens with one attached hydrogen (secondary N) is 2. The Labute approximate surface area is 154 Å². The van der Waals surface area contributed by atoms with Crippen molar-refractivity contribution in [1.29, 1.82) is 0 Å². The molecule has 0 aliphatic heterocycles. The van der Waals surface area contributed by atoms with Gasteiger partial charge in [-0.1, -0.05) is 48.0 Å². The SMILES string of the molecule is Cc1ccc(CNc2ccc(C(=O)Nc3c(C)cccc3C)nc2)cc1. The van der Waals surface area contributed by atoms with Gasteiger partial charge in [0, 0.05) is 12.2 Å². The van der Waals surface area contributed by atoms with E-state index >= 15 is 0 Å². The molecule has 2 N–H and O–H groups in total. The van der Waals surface area contributed by atoms with E-state index in [1.165, 1.54) is 11.1 Å². The molecular formula is C22H23N3O. The lowest BCUT2D eigenvalue weighted by Gasteiger charge is -2.11. The van der Waals surface area contributed by atoms with Gasteiger partial charge in [0.15, 0.2) is 0 Å². The van der Waals surface area contributed by atoms with Crippen LogP contribution in [0, 0.1) is 20.8 Å². The summed E-state index contributed by atoms with van der Waals surface area (Å²) in [5, 5.41) is 6.28. The summed E-state index contributed by atoms with van der Waals surface area (Å²) < 4.78 is 0. The monoisotopic (exact) mass is 345 g/mol. The molecule has 3 aromatic rings. The second kappa shape index (κ2) is 7.83. The van der Waals surface area contributed by atoms with Crippen LogP contribution in [0.1, 0.15) is 32.7 Å². The van der Waals surface area contributed by atoms with Gasteiger partial charge in [-0.3, -0.25) is 4.79 Å². The highest BCUT2D eigenvalue weighted by atomic mass is 16.1. The molecule has 26 heavy (non-hydrogen) atoms. The van der Waals surface area contributed by atoms with Gasteiger partial charge in [-0.15, -0.1) is 0 Å². The quantitative estimate of drug-likeness (QED) is 0.693. The van der Waals surface area contributed by atoms with Crippen molar-refractivity contribution >= 4 is 17.3 Å². The van der Waals surface area contributed by atoms with Crippen LogP contribution in [0.2, 0.25) is 0 Å². The zero-order chi connectivity index (χ0) is 18.5. The summed E-state index contributed by atoms with van der Waals surface area (Å²) >= 11 is 0. The van der Waals surface area contributed by atoms with E-state index in [2.05, 4.69) is 46.8 Å². The minimum Gasteiger partial charge on any atom is -0.380 e. The van der Waals surface area contributed by atoms with Crippen LogP contribution in [0.25, 0.3) is 0 Å². The van der Waals surface area contributed by atoms with Crippen LogP contribution in [-0.4, -0.2) is 10.9 Å². The maximum atomic E-state index is 12.4. The van der Waals surface area contributed by atoms with Crippen LogP contribution < -0.4 is 10.6 Å². The number of aryl methyl sites for hydroxylation is 3. The van der Waals surface area contributed by atoms with E-state index in [1.54, 1.807) is 12.3 Å². The molecule has 0 atom stereocenters. The molecule has 2 aromatic carbocycles. The number of aromatic nitrogens is 1. The average molecular weight is 345 g/mol. The Kier molecular flexibility index (Phi) is 5.32. The summed E-state index contributed by atoms with van der Waals surface area (Å²) in [6, 6.07) is 17.9. The van der Waals surface area contributed by atoms with Crippen molar-refractivity contribution in [2.45, 2.75) is 27.3 Å². The number of hydrogen-bond acceptors (Lipinski definition) is 3. The molecule has 3 rings (SSSR count). The van der Waals surface area contributed by atoms with Crippen molar-refractivity contribution in [3.63, 3.8) is 0 Å². The second-order valence-corrected chi connectivity index (χ2v) is 6.49. The molecule has 1 aromatic heterocycles. The first kappa shape index (κ1) is 17.7. The lowest BCUT2D eigenvalue weighted by molar-refractivity contribution is 0.102. The fraction of sp³-hybridized carbons (Fsp3) is 0.182. The van der Waals surface area contributed by atoms with Crippen LogP contribution in [0.4, 0.5) is 11.4 Å². The maximum Gasteiger partial charge on any atom is 0.274 e. The number of amides is 1. The first-order chi connectivity index (χ1) is 12.5. The maximum absolute atomic E-state index is 12.4. The van der Waals surface area contributed by atoms with Crippen molar-refractivity contribution in [2.24, 2.45) is 0 Å². The van der Waals surface area contributed by atoms with E-state index in [1.807, 2.05) is 38.1 Å². The van der Waals surface area contributed by atoms with Crippen molar-refractivity contribution in [3.8, 4) is 0 Å². The molecule has 1 heterocycles. The Hall–Kier alpha value is -3.14. The van der Waals surface area contributed by atoms with E-state index in [9.17, 15) is 4.79 Å². The Morgan fingerprint density at radius 2 is 1.62 bits per heavy atom. The molecular weight excluding hydrogens is 322 g/mol. The molecule has 0 bridgehead atoms. The van der Waals surface area contributed by atoms with Crippen molar-refractivity contribution in [1.82, 2.24) is 4.98 Å². The Bertz CT molecular complexity index is 879. The van der Waals surface area contributed by atoms with Crippen LogP contribution in [0.3, 0.4) is 0 Å². The van der Waals surface area contributed by atoms with E-state index in [-0.39, 0.29) is 5.91 Å². The van der Waals surface area contributed by atoms with Crippen molar-refractivity contribution < 1.29 is 4.79 Å². The topological polar surface area (TPSA) is 54.0 Å². The zero-order valence-corrected chi connectivity index (χ0v) is 15.3. The lowest BCUT2D eigenvalue weighted by atomic mass is 10.1. The number of carbonyl (C=O) groups excluding carboxylic acids is 1. The predicted molar refractivity (Wildman–Crippen MR) is 107 cm³/mol. The largest absolute Gasteiger partial charge is 0.380 e. The number of carbonyl (C=O) groups is 1. The fourth-order valence-electron chi connectivity index (χ4n) is 2.73. The normalized spacial score (nSPS) is 10.4. The average Bonchev–Trinajstić information content (AvgIpc) is 2.65. The third kappa shape index (κ3) is 4.28. The first-order valence-corrected chi connectivity index (χ1v) is 8.66. The minimum absolute atomic E-state index is 0.201. The van der Waals surface area contributed by atoms with Crippen LogP contribution >= 0.6 is 0 Å². The highest BCUT2D eigenvalue weighted by Gasteiger charge is 2.10. The van der Waals surface area contributed by atoms with Gasteiger partial charge in [0.2, 0.25) is 0 Å². The zero-order valence-electron chi connectivity index (χ0n) is 15.3. The minimum atomic E-state index is -0.201. The molecule has 1 amide bonds. The third-order valence-corrected chi connectivity index (χ3v) is 4.33. The summed E-state index contributed by atoms with van der Waals surface area (Å²) in [7, 11) is 0. The lowest BCUT2D eigenvalue weighted by Crippen LogP contribution is -2.15. The van der Waals surface area contributed by atoms with Gasteiger partial charge in [-0.05, 0) is 49.6 Å². The smallest absolute Gasteiger partial charge is 0.274 e. The molecule has 0 fully saturated rings. The molecule has 0 radical (unpaired) electrons. The first-order valence-electron chi connectivity index (χ1n) is 8.66. The number of anilines is 2. The molecule has 0 aliphatic rings. The van der Waals surface area contributed by atoms with Gasteiger partial charge in [-0.25, -0.2) is 4.98 Å². The van der Waals surface area contributed by atoms with Crippen LogP contribution in [0.15, 0.2) is 60.8 Å². The number of nitrogens with zero attached hydrogens (tertiary/aromatic N) is 1. The Morgan fingerprint density at radius 3 is 2.23 bits per heavy atom. The van der Waals surface area contributed by atoms with Gasteiger partial charge in [0.25, 0.3) is 5.91 Å². The summed E-state index contributed by atoms with van der Waals surface area (Å²) in [5.41, 5.74) is 6.65. The molecule has 0 saturated heterocycles. The number of hydrogen-bond donors (Lipinski definition) is 2. The van der Waals surface area contributed by atoms with E-state index in [4.69, 9.17) is 0 Å². The van der Waals surface area contributed by atoms with Gasteiger partial charge in [-0.2, -0.15) is 0 Å². The second-order valence-electron chi connectivity index (χ2n) is 6.49. The van der Waals surface area contributed by atoms with E-state index < -0.39 is 0 Å². The molecule has 0 unspecified atom stereocenters. The predicted octanol–water partition coefficient (Wildman–Crippen LogP) is 4.87.